The second kappa shape index (κ2) is 4.42. The lowest BCUT2D eigenvalue weighted by atomic mass is 10.0. The summed E-state index contributed by atoms with van der Waals surface area (Å²) >= 11 is 5.06. The Morgan fingerprint density at radius 3 is 2.26 bits per heavy atom. The molecular formula is C14H14N2O2S. The van der Waals surface area contributed by atoms with Crippen molar-refractivity contribution < 1.29 is 9.59 Å². The van der Waals surface area contributed by atoms with Crippen LogP contribution < -0.4 is 5.73 Å². The topological polar surface area (TPSA) is 63.4 Å². The highest BCUT2D eigenvalue weighted by Gasteiger charge is 2.44. The molecule has 0 bridgehead atoms. The third-order valence-electron chi connectivity index (χ3n) is 4.00. The van der Waals surface area contributed by atoms with Gasteiger partial charge in [-0.3, -0.25) is 14.5 Å². The quantitative estimate of drug-likeness (QED) is 0.659. The Morgan fingerprint density at radius 2 is 1.74 bits per heavy atom. The van der Waals surface area contributed by atoms with E-state index in [1.807, 2.05) is 0 Å². The second-order valence-corrected chi connectivity index (χ2v) is 5.50. The average molecular weight is 274 g/mol. The molecule has 1 fully saturated rings. The van der Waals surface area contributed by atoms with Gasteiger partial charge in [-0.15, -0.1) is 0 Å². The smallest absolute Gasteiger partial charge is 0.261 e. The Labute approximate surface area is 116 Å². The number of imide groups is 1. The first-order valence-corrected chi connectivity index (χ1v) is 6.78. The summed E-state index contributed by atoms with van der Waals surface area (Å²) in [6.45, 7) is 0. The molecule has 4 nitrogen and oxygen atoms in total. The molecule has 1 aliphatic heterocycles. The van der Waals surface area contributed by atoms with Crippen molar-refractivity contribution in [2.45, 2.75) is 25.3 Å². The summed E-state index contributed by atoms with van der Waals surface area (Å²) < 4.78 is 0. The molecule has 1 heterocycles. The largest absolute Gasteiger partial charge is 0.393 e. The monoisotopic (exact) mass is 274 g/mol. The van der Waals surface area contributed by atoms with Crippen LogP contribution in [0.4, 0.5) is 0 Å². The SMILES string of the molecule is NC(=S)C1CCCC1N1C(=O)c2ccccc2C1=O. The molecule has 19 heavy (non-hydrogen) atoms. The van der Waals surface area contributed by atoms with Crippen LogP contribution in [0.1, 0.15) is 40.0 Å². The maximum atomic E-state index is 12.4. The van der Waals surface area contributed by atoms with Crippen molar-refractivity contribution in [2.75, 3.05) is 0 Å². The van der Waals surface area contributed by atoms with E-state index in [0.717, 1.165) is 19.3 Å². The van der Waals surface area contributed by atoms with Crippen LogP contribution in [0.3, 0.4) is 0 Å². The van der Waals surface area contributed by atoms with Crippen LogP contribution in [0.25, 0.3) is 0 Å². The van der Waals surface area contributed by atoms with E-state index in [4.69, 9.17) is 18.0 Å². The predicted molar refractivity (Wildman–Crippen MR) is 74.9 cm³/mol. The number of hydrogen-bond donors (Lipinski definition) is 1. The molecule has 0 saturated heterocycles. The van der Waals surface area contributed by atoms with Crippen LogP contribution in [-0.2, 0) is 0 Å². The number of rotatable bonds is 2. The van der Waals surface area contributed by atoms with E-state index in [-0.39, 0.29) is 23.8 Å². The van der Waals surface area contributed by atoms with Gasteiger partial charge in [-0.05, 0) is 25.0 Å². The molecule has 3 rings (SSSR count). The average Bonchev–Trinajstić information content (AvgIpc) is 2.95. The molecular weight excluding hydrogens is 260 g/mol. The van der Waals surface area contributed by atoms with Gasteiger partial charge < -0.3 is 5.73 Å². The summed E-state index contributed by atoms with van der Waals surface area (Å²) in [4.78, 5) is 26.5. The summed E-state index contributed by atoms with van der Waals surface area (Å²) in [7, 11) is 0. The normalized spacial score (nSPS) is 25.8. The van der Waals surface area contributed by atoms with Crippen LogP contribution in [0.2, 0.25) is 0 Å². The Kier molecular flexibility index (Phi) is 2.86. The lowest BCUT2D eigenvalue weighted by molar-refractivity contribution is 0.0571. The van der Waals surface area contributed by atoms with Crippen molar-refractivity contribution in [3.63, 3.8) is 0 Å². The number of thiocarbonyl (C=S) groups is 1. The Balaban J connectivity index is 1.98. The highest BCUT2D eigenvalue weighted by atomic mass is 32.1. The summed E-state index contributed by atoms with van der Waals surface area (Å²) in [5, 5.41) is 0. The zero-order chi connectivity index (χ0) is 13.6. The summed E-state index contributed by atoms with van der Waals surface area (Å²) in [6, 6.07) is 6.76. The molecule has 1 aliphatic carbocycles. The second-order valence-electron chi connectivity index (χ2n) is 5.03. The standard InChI is InChI=1S/C14H14N2O2S/c15-12(19)10-6-3-7-11(10)16-13(17)8-4-1-2-5-9(8)14(16)18/h1-2,4-5,10-11H,3,6-7H2,(H2,15,19). The van der Waals surface area contributed by atoms with Crippen molar-refractivity contribution in [3.05, 3.63) is 35.4 Å². The van der Waals surface area contributed by atoms with E-state index >= 15 is 0 Å². The van der Waals surface area contributed by atoms with Gasteiger partial charge >= 0.3 is 0 Å². The molecule has 1 saturated carbocycles. The minimum absolute atomic E-state index is 0.0442. The lowest BCUT2D eigenvalue weighted by Gasteiger charge is -2.27. The summed E-state index contributed by atoms with van der Waals surface area (Å²) in [5.41, 5.74) is 6.71. The van der Waals surface area contributed by atoms with Crippen molar-refractivity contribution >= 4 is 29.0 Å². The van der Waals surface area contributed by atoms with Gasteiger partial charge in [0.2, 0.25) is 0 Å². The van der Waals surface area contributed by atoms with E-state index in [2.05, 4.69) is 0 Å². The highest BCUT2D eigenvalue weighted by Crippen LogP contribution is 2.35. The fraction of sp³-hybridized carbons (Fsp3) is 0.357. The zero-order valence-electron chi connectivity index (χ0n) is 10.3. The minimum Gasteiger partial charge on any atom is -0.393 e. The van der Waals surface area contributed by atoms with Crippen LogP contribution in [0.15, 0.2) is 24.3 Å². The number of carbonyl (C=O) groups is 2. The third-order valence-corrected chi connectivity index (χ3v) is 4.30. The summed E-state index contributed by atoms with van der Waals surface area (Å²) in [5.74, 6) is -0.472. The number of benzene rings is 1. The van der Waals surface area contributed by atoms with Gasteiger partial charge in [0, 0.05) is 12.0 Å². The molecule has 1 aromatic rings. The van der Waals surface area contributed by atoms with Gasteiger partial charge in [0.1, 0.15) is 0 Å². The molecule has 2 N–H and O–H groups in total. The maximum Gasteiger partial charge on any atom is 0.261 e. The van der Waals surface area contributed by atoms with Gasteiger partial charge in [0.05, 0.1) is 16.1 Å². The van der Waals surface area contributed by atoms with Crippen molar-refractivity contribution in [2.24, 2.45) is 11.7 Å². The first-order chi connectivity index (χ1) is 9.11. The first-order valence-electron chi connectivity index (χ1n) is 6.37. The maximum absolute atomic E-state index is 12.4. The number of fused-ring (bicyclic) bond motifs is 1. The van der Waals surface area contributed by atoms with Crippen LogP contribution in [-0.4, -0.2) is 27.7 Å². The molecule has 2 unspecified atom stereocenters. The van der Waals surface area contributed by atoms with Crippen LogP contribution in [0.5, 0.6) is 0 Å². The van der Waals surface area contributed by atoms with E-state index < -0.39 is 0 Å². The fourth-order valence-electron chi connectivity index (χ4n) is 3.09. The zero-order valence-corrected chi connectivity index (χ0v) is 11.2. The molecule has 98 valence electrons. The predicted octanol–water partition coefficient (Wildman–Crippen LogP) is 1.74. The molecule has 2 atom stereocenters. The van der Waals surface area contributed by atoms with Gasteiger partial charge in [-0.2, -0.15) is 0 Å². The fourth-order valence-corrected chi connectivity index (χ4v) is 3.37. The van der Waals surface area contributed by atoms with E-state index in [9.17, 15) is 9.59 Å². The molecule has 1 aromatic carbocycles. The lowest BCUT2D eigenvalue weighted by Crippen LogP contribution is -2.45. The minimum atomic E-state index is -0.214. The van der Waals surface area contributed by atoms with E-state index in [1.165, 1.54) is 4.90 Å². The number of nitrogens with zero attached hydrogens (tertiary/aromatic N) is 1. The van der Waals surface area contributed by atoms with Crippen LogP contribution in [0, 0.1) is 5.92 Å². The van der Waals surface area contributed by atoms with Crippen LogP contribution >= 0.6 is 12.2 Å². The van der Waals surface area contributed by atoms with Crippen molar-refractivity contribution in [1.29, 1.82) is 0 Å². The molecule has 2 aliphatic rings. The summed E-state index contributed by atoms with van der Waals surface area (Å²) in [6.07, 6.45) is 2.58. The number of nitrogens with two attached hydrogens (primary N) is 1. The van der Waals surface area contributed by atoms with Crippen molar-refractivity contribution in [1.82, 2.24) is 4.90 Å². The van der Waals surface area contributed by atoms with Gasteiger partial charge in [0.15, 0.2) is 0 Å². The van der Waals surface area contributed by atoms with Gasteiger partial charge in [0.25, 0.3) is 11.8 Å². The van der Waals surface area contributed by atoms with E-state index in [0.29, 0.717) is 16.1 Å². The molecule has 5 heteroatoms. The molecule has 2 amide bonds. The Morgan fingerprint density at radius 1 is 1.16 bits per heavy atom. The first kappa shape index (κ1) is 12.3. The molecule has 0 aromatic heterocycles. The van der Waals surface area contributed by atoms with E-state index in [1.54, 1.807) is 24.3 Å². The Hall–Kier alpha value is -1.75. The molecule has 0 radical (unpaired) electrons. The third kappa shape index (κ3) is 1.76. The molecule has 0 spiro atoms. The van der Waals surface area contributed by atoms with Gasteiger partial charge in [-0.1, -0.05) is 30.8 Å². The Bertz CT molecular complexity index is 550. The van der Waals surface area contributed by atoms with Crippen molar-refractivity contribution in [3.8, 4) is 0 Å². The number of hydrogen-bond acceptors (Lipinski definition) is 3. The number of carbonyl (C=O) groups excluding carboxylic acids is 2. The number of amides is 2. The van der Waals surface area contributed by atoms with Gasteiger partial charge in [-0.25, -0.2) is 0 Å². The highest BCUT2D eigenvalue weighted by molar-refractivity contribution is 7.80.